The average Bonchev–Trinajstić information content (AvgIpc) is 3.23. The van der Waals surface area contributed by atoms with Crippen molar-refractivity contribution in [1.82, 2.24) is 29.4 Å². The molecule has 1 unspecified atom stereocenters. The van der Waals surface area contributed by atoms with Gasteiger partial charge < -0.3 is 4.90 Å². The third-order valence-corrected chi connectivity index (χ3v) is 4.29. The van der Waals surface area contributed by atoms with Crippen LogP contribution < -0.4 is 4.90 Å². The van der Waals surface area contributed by atoms with Crippen LogP contribution in [0.15, 0.2) is 24.5 Å². The Morgan fingerprint density at radius 3 is 2.80 bits per heavy atom. The standard InChI is InChI=1S/C15H16F3N7/c1-10-8-12(25-14(20-10)21-13(22-25)15(16,17)18)23-6-2-4-11(9-23)24-7-3-5-19-24/h3,5,7-8,11H,2,4,6,9H2,1H3. The summed E-state index contributed by atoms with van der Waals surface area (Å²) in [5.74, 6) is -0.640. The van der Waals surface area contributed by atoms with Crippen LogP contribution in [0.1, 0.15) is 30.4 Å². The summed E-state index contributed by atoms with van der Waals surface area (Å²) in [7, 11) is 0. The monoisotopic (exact) mass is 351 g/mol. The van der Waals surface area contributed by atoms with Crippen LogP contribution in [0, 0.1) is 6.92 Å². The van der Waals surface area contributed by atoms with Gasteiger partial charge in [0.15, 0.2) is 0 Å². The molecule has 0 spiro atoms. The molecular formula is C15H16F3N7. The fourth-order valence-corrected chi connectivity index (χ4v) is 3.19. The second-order valence-electron chi connectivity index (χ2n) is 6.13. The topological polar surface area (TPSA) is 64.1 Å². The van der Waals surface area contributed by atoms with Gasteiger partial charge in [-0.2, -0.15) is 27.8 Å². The molecule has 7 nitrogen and oxygen atoms in total. The highest BCUT2D eigenvalue weighted by Gasteiger charge is 2.37. The van der Waals surface area contributed by atoms with Crippen LogP contribution in [-0.4, -0.2) is 42.5 Å². The van der Waals surface area contributed by atoms with Gasteiger partial charge in [-0.05, 0) is 25.8 Å². The molecule has 1 aliphatic heterocycles. The van der Waals surface area contributed by atoms with Crippen molar-refractivity contribution in [2.24, 2.45) is 0 Å². The molecule has 1 saturated heterocycles. The van der Waals surface area contributed by atoms with E-state index in [9.17, 15) is 13.2 Å². The van der Waals surface area contributed by atoms with Crippen molar-refractivity contribution in [3.8, 4) is 0 Å². The van der Waals surface area contributed by atoms with E-state index in [1.165, 1.54) is 4.52 Å². The average molecular weight is 351 g/mol. The lowest BCUT2D eigenvalue weighted by atomic mass is 10.1. The number of rotatable bonds is 2. The summed E-state index contributed by atoms with van der Waals surface area (Å²) in [5, 5.41) is 7.92. The molecular weight excluding hydrogens is 335 g/mol. The van der Waals surface area contributed by atoms with Gasteiger partial charge in [-0.25, -0.2) is 4.98 Å². The molecule has 4 heterocycles. The van der Waals surface area contributed by atoms with Crippen LogP contribution in [-0.2, 0) is 6.18 Å². The molecule has 3 aromatic heterocycles. The highest BCUT2D eigenvalue weighted by molar-refractivity contribution is 5.48. The number of alkyl halides is 3. The van der Waals surface area contributed by atoms with Crippen molar-refractivity contribution in [1.29, 1.82) is 0 Å². The second kappa shape index (κ2) is 5.71. The van der Waals surface area contributed by atoms with E-state index in [-0.39, 0.29) is 11.8 Å². The van der Waals surface area contributed by atoms with Crippen LogP contribution in [0.5, 0.6) is 0 Å². The molecule has 3 aromatic rings. The predicted octanol–water partition coefficient (Wildman–Crippen LogP) is 2.49. The Labute approximate surface area is 141 Å². The largest absolute Gasteiger partial charge is 0.453 e. The molecule has 0 saturated carbocycles. The quantitative estimate of drug-likeness (QED) is 0.710. The van der Waals surface area contributed by atoms with E-state index < -0.39 is 12.0 Å². The number of hydrogen-bond donors (Lipinski definition) is 0. The Balaban J connectivity index is 1.73. The lowest BCUT2D eigenvalue weighted by Gasteiger charge is -2.34. The summed E-state index contributed by atoms with van der Waals surface area (Å²) in [6, 6.07) is 3.77. The summed E-state index contributed by atoms with van der Waals surface area (Å²) in [6.07, 6.45) is 0.905. The zero-order chi connectivity index (χ0) is 17.6. The maximum absolute atomic E-state index is 13.0. The highest BCUT2D eigenvalue weighted by Crippen LogP contribution is 2.29. The number of piperidine rings is 1. The summed E-state index contributed by atoms with van der Waals surface area (Å²) >= 11 is 0. The zero-order valence-corrected chi connectivity index (χ0v) is 13.5. The van der Waals surface area contributed by atoms with Gasteiger partial charge in [0.05, 0.1) is 6.04 Å². The van der Waals surface area contributed by atoms with Crippen LogP contribution in [0.3, 0.4) is 0 Å². The minimum atomic E-state index is -4.60. The molecule has 0 aromatic carbocycles. The first-order valence-electron chi connectivity index (χ1n) is 7.97. The molecule has 4 rings (SSSR count). The van der Waals surface area contributed by atoms with Crippen LogP contribution in [0.4, 0.5) is 19.0 Å². The molecule has 0 bridgehead atoms. The summed E-state index contributed by atoms with van der Waals surface area (Å²) in [4.78, 5) is 9.64. The molecule has 10 heteroatoms. The molecule has 0 aliphatic carbocycles. The van der Waals surface area contributed by atoms with Gasteiger partial charge >= 0.3 is 6.18 Å². The summed E-state index contributed by atoms with van der Waals surface area (Å²) in [6.45, 7) is 3.11. The lowest BCUT2D eigenvalue weighted by Crippen LogP contribution is -2.38. The molecule has 0 amide bonds. The second-order valence-corrected chi connectivity index (χ2v) is 6.13. The number of anilines is 1. The lowest BCUT2D eigenvalue weighted by molar-refractivity contribution is -0.144. The van der Waals surface area contributed by atoms with Gasteiger partial charge in [0.2, 0.25) is 0 Å². The van der Waals surface area contributed by atoms with E-state index in [0.717, 1.165) is 19.4 Å². The number of fused-ring (bicyclic) bond motifs is 1. The molecule has 25 heavy (non-hydrogen) atoms. The van der Waals surface area contributed by atoms with E-state index >= 15 is 0 Å². The van der Waals surface area contributed by atoms with Gasteiger partial charge in [-0.15, -0.1) is 5.10 Å². The van der Waals surface area contributed by atoms with Crippen molar-refractivity contribution in [2.45, 2.75) is 32.0 Å². The Morgan fingerprint density at radius 1 is 1.24 bits per heavy atom. The Bertz CT molecular complexity index is 885. The first-order chi connectivity index (χ1) is 11.9. The predicted molar refractivity (Wildman–Crippen MR) is 83.2 cm³/mol. The summed E-state index contributed by atoms with van der Waals surface area (Å²) in [5.41, 5.74) is 0.602. The van der Waals surface area contributed by atoms with E-state index in [2.05, 4.69) is 20.2 Å². The normalized spacial score (nSPS) is 18.9. The Morgan fingerprint density at radius 2 is 2.08 bits per heavy atom. The summed E-state index contributed by atoms with van der Waals surface area (Å²) < 4.78 is 41.9. The molecule has 0 N–H and O–H groups in total. The SMILES string of the molecule is Cc1cc(N2CCCC(n3cccn3)C2)n2nc(C(F)(F)F)nc2n1. The van der Waals surface area contributed by atoms with Gasteiger partial charge in [0.1, 0.15) is 5.82 Å². The van der Waals surface area contributed by atoms with Gasteiger partial charge in [0, 0.05) is 37.2 Å². The molecule has 0 radical (unpaired) electrons. The first kappa shape index (κ1) is 15.9. The van der Waals surface area contributed by atoms with E-state index in [1.807, 2.05) is 21.8 Å². The fourth-order valence-electron chi connectivity index (χ4n) is 3.19. The first-order valence-corrected chi connectivity index (χ1v) is 7.97. The van der Waals surface area contributed by atoms with Gasteiger partial charge in [-0.3, -0.25) is 4.68 Å². The number of aryl methyl sites for hydroxylation is 1. The molecule has 1 aliphatic rings. The Kier molecular flexibility index (Phi) is 3.62. The van der Waals surface area contributed by atoms with Gasteiger partial charge in [-0.1, -0.05) is 0 Å². The minimum absolute atomic E-state index is 0.0384. The van der Waals surface area contributed by atoms with Crippen LogP contribution in [0.2, 0.25) is 0 Å². The van der Waals surface area contributed by atoms with Crippen LogP contribution in [0.25, 0.3) is 5.78 Å². The van der Waals surface area contributed by atoms with Crippen molar-refractivity contribution < 1.29 is 13.2 Å². The number of hydrogen-bond acceptors (Lipinski definition) is 5. The van der Waals surface area contributed by atoms with Crippen molar-refractivity contribution in [2.75, 3.05) is 18.0 Å². The van der Waals surface area contributed by atoms with Crippen molar-refractivity contribution in [3.05, 3.63) is 36.0 Å². The highest BCUT2D eigenvalue weighted by atomic mass is 19.4. The maximum Gasteiger partial charge on any atom is 0.453 e. The van der Waals surface area contributed by atoms with Crippen LogP contribution >= 0.6 is 0 Å². The van der Waals surface area contributed by atoms with Crippen molar-refractivity contribution >= 4 is 11.6 Å². The van der Waals surface area contributed by atoms with Gasteiger partial charge in [0.25, 0.3) is 11.6 Å². The number of halogens is 3. The molecule has 1 atom stereocenters. The number of aromatic nitrogens is 6. The van der Waals surface area contributed by atoms with E-state index in [4.69, 9.17) is 0 Å². The fraction of sp³-hybridized carbons (Fsp3) is 0.467. The number of nitrogens with zero attached hydrogens (tertiary/aromatic N) is 7. The van der Waals surface area contributed by atoms with E-state index in [0.29, 0.717) is 18.1 Å². The Hall–Kier alpha value is -2.65. The smallest absolute Gasteiger partial charge is 0.354 e. The third-order valence-electron chi connectivity index (χ3n) is 4.29. The minimum Gasteiger partial charge on any atom is -0.354 e. The zero-order valence-electron chi connectivity index (χ0n) is 13.5. The van der Waals surface area contributed by atoms with Crippen molar-refractivity contribution in [3.63, 3.8) is 0 Å². The third kappa shape index (κ3) is 2.92. The molecule has 1 fully saturated rings. The molecule has 132 valence electrons. The van der Waals surface area contributed by atoms with E-state index in [1.54, 1.807) is 19.2 Å². The maximum atomic E-state index is 13.0.